The number of anilines is 1. The molecule has 0 aliphatic carbocycles. The Bertz CT molecular complexity index is 464. The monoisotopic (exact) mass is 267 g/mol. The largest absolute Gasteiger partial charge is 0.328 e. The van der Waals surface area contributed by atoms with Gasteiger partial charge in [0.1, 0.15) is 6.04 Å². The van der Waals surface area contributed by atoms with E-state index in [-0.39, 0.29) is 11.9 Å². The molecule has 1 unspecified atom stereocenters. The molecule has 1 atom stereocenters. The van der Waals surface area contributed by atoms with Crippen molar-refractivity contribution < 1.29 is 4.79 Å². The number of amides is 1. The van der Waals surface area contributed by atoms with Gasteiger partial charge in [0.15, 0.2) is 0 Å². The first kappa shape index (κ1) is 13.3. The van der Waals surface area contributed by atoms with Crippen LogP contribution in [0.2, 0.25) is 5.02 Å². The average Bonchev–Trinajstić information content (AvgIpc) is 2.34. The highest BCUT2D eigenvalue weighted by atomic mass is 35.5. The van der Waals surface area contributed by atoms with Crippen LogP contribution in [0.15, 0.2) is 18.2 Å². The van der Waals surface area contributed by atoms with E-state index in [1.807, 2.05) is 37.1 Å². The van der Waals surface area contributed by atoms with Gasteiger partial charge in [0, 0.05) is 30.3 Å². The molecule has 1 aliphatic rings. The van der Waals surface area contributed by atoms with E-state index in [1.54, 1.807) is 4.90 Å². The van der Waals surface area contributed by atoms with Gasteiger partial charge in [-0.25, -0.2) is 0 Å². The summed E-state index contributed by atoms with van der Waals surface area (Å²) in [6, 6.07) is 5.39. The number of rotatable bonds is 2. The van der Waals surface area contributed by atoms with Crippen molar-refractivity contribution >= 4 is 23.2 Å². The predicted molar refractivity (Wildman–Crippen MR) is 74.0 cm³/mol. The number of hydrogen-bond donors (Lipinski definition) is 1. The summed E-state index contributed by atoms with van der Waals surface area (Å²) < 4.78 is 0. The molecule has 2 rings (SSSR count). The number of halogens is 1. The van der Waals surface area contributed by atoms with Gasteiger partial charge >= 0.3 is 0 Å². The highest BCUT2D eigenvalue weighted by Crippen LogP contribution is 2.28. The Kier molecular flexibility index (Phi) is 3.90. The standard InChI is InChI=1S/C13H18ClN3O/c1-9-10(14)4-3-5-11(9)17-7-6-16(2)12(8-15)13(17)18/h3-5,12H,6-8,15H2,1-2H3. The second kappa shape index (κ2) is 5.26. The number of benzene rings is 1. The van der Waals surface area contributed by atoms with Crippen LogP contribution in [0.1, 0.15) is 5.56 Å². The molecule has 1 saturated heterocycles. The van der Waals surface area contributed by atoms with Crippen LogP contribution >= 0.6 is 11.6 Å². The molecule has 0 bridgehead atoms. The molecule has 0 saturated carbocycles. The Hall–Kier alpha value is -1.10. The van der Waals surface area contributed by atoms with E-state index in [0.29, 0.717) is 18.1 Å². The summed E-state index contributed by atoms with van der Waals surface area (Å²) >= 11 is 6.11. The lowest BCUT2D eigenvalue weighted by Crippen LogP contribution is -2.58. The average molecular weight is 268 g/mol. The van der Waals surface area contributed by atoms with Gasteiger partial charge in [-0.2, -0.15) is 0 Å². The van der Waals surface area contributed by atoms with Gasteiger partial charge in [-0.1, -0.05) is 17.7 Å². The summed E-state index contributed by atoms with van der Waals surface area (Å²) in [5.41, 5.74) is 7.50. The van der Waals surface area contributed by atoms with Crippen molar-refractivity contribution in [3.8, 4) is 0 Å². The quantitative estimate of drug-likeness (QED) is 0.878. The van der Waals surface area contributed by atoms with Crippen LogP contribution in [0.3, 0.4) is 0 Å². The first-order chi connectivity index (χ1) is 8.56. The molecule has 1 aliphatic heterocycles. The summed E-state index contributed by atoms with van der Waals surface area (Å²) in [5.74, 6) is 0.0524. The maximum absolute atomic E-state index is 12.4. The lowest BCUT2D eigenvalue weighted by atomic mass is 10.1. The molecular formula is C13H18ClN3O. The van der Waals surface area contributed by atoms with Crippen molar-refractivity contribution in [1.82, 2.24) is 4.90 Å². The normalized spacial score (nSPS) is 21.4. The molecule has 5 heteroatoms. The zero-order chi connectivity index (χ0) is 13.3. The minimum atomic E-state index is -0.239. The Balaban J connectivity index is 2.34. The minimum absolute atomic E-state index is 0.0524. The molecule has 2 N–H and O–H groups in total. The third-order valence-corrected chi connectivity index (χ3v) is 3.92. The molecule has 1 amide bonds. The molecule has 98 valence electrons. The van der Waals surface area contributed by atoms with Crippen LogP contribution in [-0.4, -0.2) is 43.5 Å². The third kappa shape index (κ3) is 2.23. The third-order valence-electron chi connectivity index (χ3n) is 3.51. The Morgan fingerprint density at radius 2 is 2.17 bits per heavy atom. The highest BCUT2D eigenvalue weighted by Gasteiger charge is 2.32. The number of piperazine rings is 1. The number of hydrogen-bond acceptors (Lipinski definition) is 3. The van der Waals surface area contributed by atoms with Crippen molar-refractivity contribution in [2.24, 2.45) is 5.73 Å². The second-order valence-corrected chi connectivity index (χ2v) is 5.01. The van der Waals surface area contributed by atoms with Crippen LogP contribution < -0.4 is 10.6 Å². The van der Waals surface area contributed by atoms with Gasteiger partial charge in [-0.3, -0.25) is 9.69 Å². The molecule has 0 spiro atoms. The van der Waals surface area contributed by atoms with Gasteiger partial charge in [0.05, 0.1) is 0 Å². The lowest BCUT2D eigenvalue weighted by molar-refractivity contribution is -0.124. The van der Waals surface area contributed by atoms with Crippen molar-refractivity contribution in [2.45, 2.75) is 13.0 Å². The Morgan fingerprint density at radius 3 is 2.83 bits per heavy atom. The van der Waals surface area contributed by atoms with Crippen LogP contribution in [0, 0.1) is 6.92 Å². The molecule has 1 heterocycles. The van der Waals surface area contributed by atoms with Gasteiger partial charge < -0.3 is 10.6 Å². The molecule has 0 aromatic heterocycles. The van der Waals surface area contributed by atoms with E-state index in [2.05, 4.69) is 0 Å². The van der Waals surface area contributed by atoms with E-state index in [4.69, 9.17) is 17.3 Å². The highest BCUT2D eigenvalue weighted by molar-refractivity contribution is 6.31. The molecule has 0 radical (unpaired) electrons. The number of nitrogens with zero attached hydrogens (tertiary/aromatic N) is 2. The van der Waals surface area contributed by atoms with E-state index >= 15 is 0 Å². The Labute approximate surface area is 112 Å². The van der Waals surface area contributed by atoms with Crippen molar-refractivity contribution in [2.75, 3.05) is 31.6 Å². The predicted octanol–water partition coefficient (Wildman–Crippen LogP) is 1.25. The van der Waals surface area contributed by atoms with E-state index in [9.17, 15) is 4.79 Å². The van der Waals surface area contributed by atoms with E-state index < -0.39 is 0 Å². The summed E-state index contributed by atoms with van der Waals surface area (Å²) in [4.78, 5) is 16.2. The molecule has 1 aromatic rings. The minimum Gasteiger partial charge on any atom is -0.328 e. The molecule has 1 fully saturated rings. The summed E-state index contributed by atoms with van der Waals surface area (Å²) in [5, 5.41) is 0.684. The van der Waals surface area contributed by atoms with Crippen molar-refractivity contribution in [1.29, 1.82) is 0 Å². The fraction of sp³-hybridized carbons (Fsp3) is 0.462. The fourth-order valence-electron chi connectivity index (χ4n) is 2.30. The molecule has 1 aromatic carbocycles. The maximum atomic E-state index is 12.4. The number of nitrogens with two attached hydrogens (primary N) is 1. The Morgan fingerprint density at radius 1 is 1.44 bits per heavy atom. The zero-order valence-corrected chi connectivity index (χ0v) is 11.4. The van der Waals surface area contributed by atoms with E-state index in [0.717, 1.165) is 17.8 Å². The van der Waals surface area contributed by atoms with Gasteiger partial charge in [-0.05, 0) is 31.7 Å². The summed E-state index contributed by atoms with van der Waals surface area (Å²) in [7, 11) is 1.93. The number of carbonyl (C=O) groups is 1. The maximum Gasteiger partial charge on any atom is 0.245 e. The van der Waals surface area contributed by atoms with Crippen LogP contribution in [0.25, 0.3) is 0 Å². The first-order valence-electron chi connectivity index (χ1n) is 6.03. The van der Waals surface area contributed by atoms with Crippen LogP contribution in [0.4, 0.5) is 5.69 Å². The molecular weight excluding hydrogens is 250 g/mol. The fourth-order valence-corrected chi connectivity index (χ4v) is 2.47. The summed E-state index contributed by atoms with van der Waals surface area (Å²) in [6.45, 7) is 3.76. The van der Waals surface area contributed by atoms with Crippen LogP contribution in [0.5, 0.6) is 0 Å². The first-order valence-corrected chi connectivity index (χ1v) is 6.41. The SMILES string of the molecule is Cc1c(Cl)cccc1N1CCN(C)C(CN)C1=O. The van der Waals surface area contributed by atoms with Crippen molar-refractivity contribution in [3.05, 3.63) is 28.8 Å². The van der Waals surface area contributed by atoms with Gasteiger partial charge in [-0.15, -0.1) is 0 Å². The number of carbonyl (C=O) groups excluding carboxylic acids is 1. The molecule has 18 heavy (non-hydrogen) atoms. The van der Waals surface area contributed by atoms with Crippen molar-refractivity contribution in [3.63, 3.8) is 0 Å². The smallest absolute Gasteiger partial charge is 0.245 e. The van der Waals surface area contributed by atoms with E-state index in [1.165, 1.54) is 0 Å². The number of likely N-dealkylation sites (N-methyl/N-ethyl adjacent to an activating group) is 1. The molecule has 4 nitrogen and oxygen atoms in total. The lowest BCUT2D eigenvalue weighted by Gasteiger charge is -2.38. The van der Waals surface area contributed by atoms with Crippen LogP contribution in [-0.2, 0) is 4.79 Å². The summed E-state index contributed by atoms with van der Waals surface area (Å²) in [6.07, 6.45) is 0. The zero-order valence-electron chi connectivity index (χ0n) is 10.7. The van der Waals surface area contributed by atoms with Gasteiger partial charge in [0.2, 0.25) is 5.91 Å². The second-order valence-electron chi connectivity index (χ2n) is 4.61. The van der Waals surface area contributed by atoms with Gasteiger partial charge in [0.25, 0.3) is 0 Å². The topological polar surface area (TPSA) is 49.6 Å².